The van der Waals surface area contributed by atoms with Crippen molar-refractivity contribution in [1.82, 2.24) is 25.0 Å². The summed E-state index contributed by atoms with van der Waals surface area (Å²) in [4.78, 5) is 20.4. The van der Waals surface area contributed by atoms with Crippen molar-refractivity contribution in [2.24, 2.45) is 5.10 Å². The van der Waals surface area contributed by atoms with E-state index in [1.807, 2.05) is 44.2 Å². The first-order chi connectivity index (χ1) is 11.0. The number of fused-ring (bicyclic) bond motifs is 1. The van der Waals surface area contributed by atoms with Gasteiger partial charge in [-0.1, -0.05) is 28.1 Å². The van der Waals surface area contributed by atoms with Crippen LogP contribution in [0.15, 0.2) is 39.9 Å². The molecule has 3 aromatic rings. The normalized spacial score (nSPS) is 11.3. The first-order valence-corrected chi connectivity index (χ1v) is 7.62. The lowest BCUT2D eigenvalue weighted by molar-refractivity contribution is 0.0945. The van der Waals surface area contributed by atoms with Crippen molar-refractivity contribution in [2.75, 3.05) is 0 Å². The smallest absolute Gasteiger partial charge is 0.264 e. The highest BCUT2D eigenvalue weighted by molar-refractivity contribution is 9.10. The molecule has 3 rings (SSSR count). The van der Waals surface area contributed by atoms with Gasteiger partial charge in [0.1, 0.15) is 0 Å². The highest BCUT2D eigenvalue weighted by Crippen LogP contribution is 2.10. The Hall–Kier alpha value is -2.61. The maximum absolute atomic E-state index is 12.1. The van der Waals surface area contributed by atoms with Crippen molar-refractivity contribution in [3.63, 3.8) is 0 Å². The van der Waals surface area contributed by atoms with Gasteiger partial charge in [0, 0.05) is 15.9 Å². The summed E-state index contributed by atoms with van der Waals surface area (Å²) in [6.07, 6.45) is 1.55. The number of rotatable bonds is 3. The van der Waals surface area contributed by atoms with Crippen LogP contribution in [0, 0.1) is 13.8 Å². The van der Waals surface area contributed by atoms with Crippen molar-refractivity contribution in [2.45, 2.75) is 13.8 Å². The number of carbonyl (C=O) groups excluding carboxylic acids is 1. The number of nitrogens with one attached hydrogen (secondary N) is 1. The quantitative estimate of drug-likeness (QED) is 0.564. The van der Waals surface area contributed by atoms with Crippen molar-refractivity contribution in [3.05, 3.63) is 57.6 Å². The predicted molar refractivity (Wildman–Crippen MR) is 89.5 cm³/mol. The number of hydrogen-bond donors (Lipinski definition) is 1. The minimum absolute atomic E-state index is 0.0255. The monoisotopic (exact) mass is 372 g/mol. The molecule has 1 N–H and O–H groups in total. The van der Waals surface area contributed by atoms with Crippen LogP contribution in [-0.2, 0) is 0 Å². The Bertz CT molecular complexity index is 917. The van der Waals surface area contributed by atoms with E-state index in [9.17, 15) is 4.79 Å². The third-order valence-corrected chi connectivity index (χ3v) is 3.54. The number of hydrazone groups is 1. The standard InChI is InChI=1S/C15H13BrN6O/c1-9-6-10(2)22-15(18-9)19-13(21-22)14(23)20-17-8-11-4-3-5-12(16)7-11/h3-8H,1-2H3,(H,20,23)/b17-8+. The number of nitrogens with zero attached hydrogens (tertiary/aromatic N) is 5. The Kier molecular flexibility index (Phi) is 4.16. The summed E-state index contributed by atoms with van der Waals surface area (Å²) in [6.45, 7) is 3.74. The summed E-state index contributed by atoms with van der Waals surface area (Å²) in [5, 5.41) is 8.06. The molecule has 0 saturated heterocycles. The van der Waals surface area contributed by atoms with E-state index in [4.69, 9.17) is 0 Å². The maximum Gasteiger partial charge on any atom is 0.311 e. The summed E-state index contributed by atoms with van der Waals surface area (Å²) in [6, 6.07) is 9.42. The number of carbonyl (C=O) groups is 1. The van der Waals surface area contributed by atoms with Crippen molar-refractivity contribution in [3.8, 4) is 0 Å². The van der Waals surface area contributed by atoms with Gasteiger partial charge in [0.2, 0.25) is 5.82 Å². The Balaban J connectivity index is 1.77. The molecule has 0 saturated carbocycles. The SMILES string of the molecule is Cc1cc(C)n2nc(C(=O)N/N=C/c3cccc(Br)c3)nc2n1. The van der Waals surface area contributed by atoms with Crippen LogP contribution >= 0.6 is 15.9 Å². The average Bonchev–Trinajstić information content (AvgIpc) is 2.91. The van der Waals surface area contributed by atoms with Gasteiger partial charge in [-0.15, -0.1) is 5.10 Å². The maximum atomic E-state index is 12.1. The molecule has 116 valence electrons. The van der Waals surface area contributed by atoms with Crippen LogP contribution < -0.4 is 5.43 Å². The highest BCUT2D eigenvalue weighted by Gasteiger charge is 2.14. The topological polar surface area (TPSA) is 84.5 Å². The number of aryl methyl sites for hydroxylation is 2. The molecule has 2 aromatic heterocycles. The molecule has 0 fully saturated rings. The summed E-state index contributed by atoms with van der Waals surface area (Å²) in [5.41, 5.74) is 4.95. The van der Waals surface area contributed by atoms with Crippen LogP contribution in [-0.4, -0.2) is 31.7 Å². The average molecular weight is 373 g/mol. The number of amides is 1. The third-order valence-electron chi connectivity index (χ3n) is 3.05. The van der Waals surface area contributed by atoms with E-state index in [0.29, 0.717) is 5.78 Å². The minimum atomic E-state index is -0.487. The van der Waals surface area contributed by atoms with E-state index >= 15 is 0 Å². The fourth-order valence-corrected chi connectivity index (χ4v) is 2.48. The van der Waals surface area contributed by atoms with E-state index < -0.39 is 5.91 Å². The van der Waals surface area contributed by atoms with Gasteiger partial charge < -0.3 is 0 Å². The van der Waals surface area contributed by atoms with Gasteiger partial charge in [0.25, 0.3) is 5.78 Å². The van der Waals surface area contributed by atoms with E-state index in [1.165, 1.54) is 4.52 Å². The second-order valence-electron chi connectivity index (χ2n) is 4.94. The Labute approximate surface area is 140 Å². The third kappa shape index (κ3) is 3.42. The first-order valence-electron chi connectivity index (χ1n) is 6.83. The van der Waals surface area contributed by atoms with Gasteiger partial charge in [-0.05, 0) is 37.6 Å². The molecule has 0 aliphatic rings. The molecule has 8 heteroatoms. The van der Waals surface area contributed by atoms with Crippen LogP contribution in [0.5, 0.6) is 0 Å². The van der Waals surface area contributed by atoms with Gasteiger partial charge in [-0.25, -0.2) is 14.9 Å². The zero-order valence-corrected chi connectivity index (χ0v) is 14.1. The summed E-state index contributed by atoms with van der Waals surface area (Å²) in [7, 11) is 0. The molecule has 7 nitrogen and oxygen atoms in total. The van der Waals surface area contributed by atoms with Crippen molar-refractivity contribution < 1.29 is 4.79 Å². The van der Waals surface area contributed by atoms with E-state index in [-0.39, 0.29) is 5.82 Å². The zero-order valence-electron chi connectivity index (χ0n) is 12.5. The molecular weight excluding hydrogens is 360 g/mol. The van der Waals surface area contributed by atoms with Crippen LogP contribution in [0.1, 0.15) is 27.6 Å². The van der Waals surface area contributed by atoms with Crippen LogP contribution in [0.3, 0.4) is 0 Å². The van der Waals surface area contributed by atoms with Gasteiger partial charge in [0.15, 0.2) is 0 Å². The van der Waals surface area contributed by atoms with Gasteiger partial charge in [0.05, 0.1) is 6.21 Å². The Morgan fingerprint density at radius 3 is 2.91 bits per heavy atom. The van der Waals surface area contributed by atoms with E-state index in [1.54, 1.807) is 6.21 Å². The summed E-state index contributed by atoms with van der Waals surface area (Å²) in [5.74, 6) is -0.0694. The molecule has 1 aromatic carbocycles. The second kappa shape index (κ2) is 6.25. The summed E-state index contributed by atoms with van der Waals surface area (Å²) < 4.78 is 2.46. The predicted octanol–water partition coefficient (Wildman–Crippen LogP) is 2.27. The van der Waals surface area contributed by atoms with Crippen LogP contribution in [0.25, 0.3) is 5.78 Å². The largest absolute Gasteiger partial charge is 0.311 e. The second-order valence-corrected chi connectivity index (χ2v) is 5.86. The molecule has 0 aliphatic carbocycles. The molecule has 2 heterocycles. The van der Waals surface area contributed by atoms with E-state index in [2.05, 4.69) is 41.5 Å². The number of hydrogen-bond acceptors (Lipinski definition) is 5. The lowest BCUT2D eigenvalue weighted by atomic mass is 10.2. The van der Waals surface area contributed by atoms with E-state index in [0.717, 1.165) is 21.4 Å². The lowest BCUT2D eigenvalue weighted by Gasteiger charge is -1.97. The Morgan fingerprint density at radius 2 is 2.13 bits per heavy atom. The molecular formula is C15H13BrN6O. The number of benzene rings is 1. The van der Waals surface area contributed by atoms with Crippen molar-refractivity contribution in [1.29, 1.82) is 0 Å². The van der Waals surface area contributed by atoms with Gasteiger partial charge >= 0.3 is 5.91 Å². The molecule has 0 radical (unpaired) electrons. The highest BCUT2D eigenvalue weighted by atomic mass is 79.9. The molecule has 0 spiro atoms. The first kappa shape index (κ1) is 15.3. The van der Waals surface area contributed by atoms with Crippen LogP contribution in [0.2, 0.25) is 0 Å². The Morgan fingerprint density at radius 1 is 1.30 bits per heavy atom. The zero-order chi connectivity index (χ0) is 16.4. The minimum Gasteiger partial charge on any atom is -0.264 e. The lowest BCUT2D eigenvalue weighted by Crippen LogP contribution is -2.19. The van der Waals surface area contributed by atoms with Crippen molar-refractivity contribution >= 4 is 33.8 Å². The van der Waals surface area contributed by atoms with Crippen LogP contribution in [0.4, 0.5) is 0 Å². The van der Waals surface area contributed by atoms with Gasteiger partial charge in [-0.3, -0.25) is 4.79 Å². The fourth-order valence-electron chi connectivity index (χ4n) is 2.06. The molecule has 1 amide bonds. The fraction of sp³-hybridized carbons (Fsp3) is 0.133. The molecule has 0 atom stereocenters. The molecule has 0 bridgehead atoms. The number of aromatic nitrogens is 4. The van der Waals surface area contributed by atoms with Gasteiger partial charge in [-0.2, -0.15) is 10.1 Å². The molecule has 0 unspecified atom stereocenters. The summed E-state index contributed by atoms with van der Waals surface area (Å²) >= 11 is 3.37. The molecule has 0 aliphatic heterocycles. The molecule has 23 heavy (non-hydrogen) atoms. The number of halogens is 1.